The van der Waals surface area contributed by atoms with Crippen molar-refractivity contribution in [2.75, 3.05) is 12.4 Å². The van der Waals surface area contributed by atoms with Gasteiger partial charge in [0.05, 0.1) is 5.56 Å². The first-order valence-corrected chi connectivity index (χ1v) is 7.37. The molecule has 1 N–H and O–H groups in total. The number of benzene rings is 1. The number of anilines is 1. The lowest BCUT2D eigenvalue weighted by atomic mass is 10.1. The van der Waals surface area contributed by atoms with E-state index in [1.807, 2.05) is 36.4 Å². The quantitative estimate of drug-likeness (QED) is 0.915. The summed E-state index contributed by atoms with van der Waals surface area (Å²) in [4.78, 5) is 14.1. The van der Waals surface area contributed by atoms with Gasteiger partial charge in [-0.3, -0.25) is 4.79 Å². The maximum absolute atomic E-state index is 12.4. The van der Waals surface area contributed by atoms with Gasteiger partial charge in [0.15, 0.2) is 6.17 Å². The average molecular weight is 282 g/mol. The molecule has 0 spiro atoms. The van der Waals surface area contributed by atoms with Crippen molar-refractivity contribution in [2.24, 2.45) is 5.92 Å². The smallest absolute Gasteiger partial charge is 0.257 e. The molecule has 2 aliphatic rings. The van der Waals surface area contributed by atoms with Crippen LogP contribution in [0.4, 0.5) is 5.69 Å². The molecule has 2 aromatic rings. The largest absolute Gasteiger partial charge is 0.462 e. The molecule has 1 aromatic carbocycles. The fourth-order valence-electron chi connectivity index (χ4n) is 3.04. The summed E-state index contributed by atoms with van der Waals surface area (Å²) in [7, 11) is 1.80. The molecule has 3 atom stereocenters. The highest BCUT2D eigenvalue weighted by atomic mass is 16.3. The number of hydrogen-bond acceptors (Lipinski definition) is 3. The van der Waals surface area contributed by atoms with Crippen LogP contribution in [0.25, 0.3) is 0 Å². The summed E-state index contributed by atoms with van der Waals surface area (Å²) >= 11 is 0. The number of carbonyl (C=O) groups excluding carboxylic acids is 1. The Balaban J connectivity index is 1.66. The predicted octanol–water partition coefficient (Wildman–Crippen LogP) is 3.60. The molecule has 4 nitrogen and oxygen atoms in total. The number of rotatable bonds is 2. The van der Waals surface area contributed by atoms with Crippen molar-refractivity contribution in [2.45, 2.75) is 25.4 Å². The molecule has 1 saturated carbocycles. The van der Waals surface area contributed by atoms with E-state index in [4.69, 9.17) is 4.42 Å². The molecule has 1 amide bonds. The van der Waals surface area contributed by atoms with Crippen LogP contribution in [0.2, 0.25) is 0 Å². The van der Waals surface area contributed by atoms with Crippen molar-refractivity contribution in [3.8, 4) is 0 Å². The molecule has 1 fully saturated rings. The van der Waals surface area contributed by atoms with Gasteiger partial charge in [-0.1, -0.05) is 19.1 Å². The van der Waals surface area contributed by atoms with E-state index in [0.717, 1.165) is 17.2 Å². The van der Waals surface area contributed by atoms with Crippen LogP contribution < -0.4 is 5.32 Å². The summed E-state index contributed by atoms with van der Waals surface area (Å²) in [6, 6.07) is 11.6. The van der Waals surface area contributed by atoms with Gasteiger partial charge in [-0.2, -0.15) is 0 Å². The highest BCUT2D eigenvalue weighted by molar-refractivity contribution is 6.01. The maximum atomic E-state index is 12.4. The molecule has 4 heteroatoms. The molecular weight excluding hydrogens is 264 g/mol. The lowest BCUT2D eigenvalue weighted by molar-refractivity contribution is 0.0718. The molecule has 1 aromatic heterocycles. The number of hydrogen-bond donors (Lipinski definition) is 1. The van der Waals surface area contributed by atoms with Crippen LogP contribution in [0.1, 0.15) is 47.3 Å². The first-order valence-electron chi connectivity index (χ1n) is 7.37. The van der Waals surface area contributed by atoms with Crippen LogP contribution in [0, 0.1) is 5.92 Å². The number of fused-ring (bicyclic) bond motifs is 1. The summed E-state index contributed by atoms with van der Waals surface area (Å²) < 4.78 is 5.99. The van der Waals surface area contributed by atoms with Gasteiger partial charge < -0.3 is 14.6 Å². The van der Waals surface area contributed by atoms with Gasteiger partial charge in [0.25, 0.3) is 5.91 Å². The number of furan rings is 1. The molecule has 0 radical (unpaired) electrons. The van der Waals surface area contributed by atoms with E-state index in [-0.39, 0.29) is 12.1 Å². The minimum absolute atomic E-state index is 0.0205. The van der Waals surface area contributed by atoms with Crippen molar-refractivity contribution < 1.29 is 9.21 Å². The number of para-hydroxylation sites is 1. The maximum Gasteiger partial charge on any atom is 0.257 e. The van der Waals surface area contributed by atoms with Gasteiger partial charge in [0.2, 0.25) is 0 Å². The van der Waals surface area contributed by atoms with Crippen LogP contribution in [0.3, 0.4) is 0 Å². The van der Waals surface area contributed by atoms with E-state index < -0.39 is 0 Å². The standard InChI is InChI=1S/C17H18N2O2/c1-10-9-12(10)14-7-8-15(21-14)16-18-13-6-4-3-5-11(13)17(20)19(16)2/h3-8,10,12,16,18H,9H2,1-2H3/t10-,12+,16+/m1/s1. The highest BCUT2D eigenvalue weighted by Crippen LogP contribution is 2.48. The molecule has 4 rings (SSSR count). The topological polar surface area (TPSA) is 45.5 Å². The van der Waals surface area contributed by atoms with Gasteiger partial charge in [0.1, 0.15) is 11.5 Å². The first-order chi connectivity index (χ1) is 10.1. The Kier molecular flexibility index (Phi) is 2.61. The summed E-state index contributed by atoms with van der Waals surface area (Å²) in [6.07, 6.45) is 0.957. The number of nitrogens with one attached hydrogen (secondary N) is 1. The number of carbonyl (C=O) groups is 1. The third kappa shape index (κ3) is 1.94. The van der Waals surface area contributed by atoms with Crippen LogP contribution in [0.5, 0.6) is 0 Å². The van der Waals surface area contributed by atoms with Crippen LogP contribution in [0.15, 0.2) is 40.8 Å². The number of nitrogens with zero attached hydrogens (tertiary/aromatic N) is 1. The Morgan fingerprint density at radius 1 is 1.19 bits per heavy atom. The second kappa shape index (κ2) is 4.38. The van der Waals surface area contributed by atoms with E-state index in [9.17, 15) is 4.79 Å². The van der Waals surface area contributed by atoms with E-state index in [2.05, 4.69) is 12.2 Å². The van der Waals surface area contributed by atoms with E-state index in [1.165, 1.54) is 6.42 Å². The fourth-order valence-corrected chi connectivity index (χ4v) is 3.04. The van der Waals surface area contributed by atoms with Crippen molar-refractivity contribution in [1.82, 2.24) is 4.90 Å². The molecule has 2 heterocycles. The van der Waals surface area contributed by atoms with Gasteiger partial charge in [-0.15, -0.1) is 0 Å². The molecule has 0 bridgehead atoms. The van der Waals surface area contributed by atoms with Gasteiger partial charge >= 0.3 is 0 Å². The Morgan fingerprint density at radius 2 is 1.90 bits per heavy atom. The van der Waals surface area contributed by atoms with Crippen molar-refractivity contribution in [3.05, 3.63) is 53.5 Å². The van der Waals surface area contributed by atoms with Crippen LogP contribution in [-0.2, 0) is 0 Å². The van der Waals surface area contributed by atoms with E-state index in [0.29, 0.717) is 17.4 Å². The Hall–Kier alpha value is -2.23. The monoisotopic (exact) mass is 282 g/mol. The third-order valence-electron chi connectivity index (χ3n) is 4.55. The first kappa shape index (κ1) is 12.5. The minimum atomic E-state index is -0.241. The normalized spacial score (nSPS) is 27.2. The van der Waals surface area contributed by atoms with Crippen molar-refractivity contribution >= 4 is 11.6 Å². The van der Waals surface area contributed by atoms with Crippen LogP contribution in [-0.4, -0.2) is 17.9 Å². The molecule has 1 aliphatic carbocycles. The molecular formula is C17H18N2O2. The molecule has 108 valence electrons. The summed E-state index contributed by atoms with van der Waals surface area (Å²) in [5.74, 6) is 3.12. The highest BCUT2D eigenvalue weighted by Gasteiger charge is 2.38. The van der Waals surface area contributed by atoms with Crippen molar-refractivity contribution in [1.29, 1.82) is 0 Å². The molecule has 0 unspecified atom stereocenters. The Bertz CT molecular complexity index is 706. The van der Waals surface area contributed by atoms with Crippen LogP contribution >= 0.6 is 0 Å². The lowest BCUT2D eigenvalue weighted by Crippen LogP contribution is -2.39. The Labute approximate surface area is 123 Å². The minimum Gasteiger partial charge on any atom is -0.462 e. The molecule has 21 heavy (non-hydrogen) atoms. The second-order valence-electron chi connectivity index (χ2n) is 6.07. The second-order valence-corrected chi connectivity index (χ2v) is 6.07. The third-order valence-corrected chi connectivity index (χ3v) is 4.55. The predicted molar refractivity (Wildman–Crippen MR) is 80.1 cm³/mol. The zero-order valence-electron chi connectivity index (χ0n) is 12.2. The zero-order valence-corrected chi connectivity index (χ0v) is 12.2. The lowest BCUT2D eigenvalue weighted by Gasteiger charge is -2.33. The SMILES string of the molecule is C[C@@H]1C[C@@H]1c1ccc([C@H]2Nc3ccccc3C(=O)N2C)o1. The molecule has 1 aliphatic heterocycles. The van der Waals surface area contributed by atoms with Gasteiger partial charge in [-0.05, 0) is 36.6 Å². The van der Waals surface area contributed by atoms with Gasteiger partial charge in [-0.25, -0.2) is 0 Å². The van der Waals surface area contributed by atoms with E-state index in [1.54, 1.807) is 11.9 Å². The molecule has 0 saturated heterocycles. The van der Waals surface area contributed by atoms with Gasteiger partial charge in [0, 0.05) is 18.7 Å². The number of amides is 1. The Morgan fingerprint density at radius 3 is 2.67 bits per heavy atom. The average Bonchev–Trinajstić information content (AvgIpc) is 3.03. The zero-order chi connectivity index (χ0) is 14.6. The van der Waals surface area contributed by atoms with Crippen molar-refractivity contribution in [3.63, 3.8) is 0 Å². The van der Waals surface area contributed by atoms with E-state index >= 15 is 0 Å². The fraction of sp³-hybridized carbons (Fsp3) is 0.353. The summed E-state index contributed by atoms with van der Waals surface area (Å²) in [6.45, 7) is 2.23. The summed E-state index contributed by atoms with van der Waals surface area (Å²) in [5.41, 5.74) is 1.57. The summed E-state index contributed by atoms with van der Waals surface area (Å²) in [5, 5.41) is 3.39.